The van der Waals surface area contributed by atoms with E-state index in [0.29, 0.717) is 5.92 Å². The minimum Gasteiger partial charge on any atom is -0.497 e. The molecular formula is C16H26O2. The lowest BCUT2D eigenvalue weighted by atomic mass is 9.89. The van der Waals surface area contributed by atoms with Gasteiger partial charge in [0.2, 0.25) is 0 Å². The first-order chi connectivity index (χ1) is 8.71. The molecular weight excluding hydrogens is 224 g/mol. The fourth-order valence-corrected chi connectivity index (χ4v) is 2.48. The zero-order valence-corrected chi connectivity index (χ0v) is 11.9. The lowest BCUT2D eigenvalue weighted by molar-refractivity contribution is 0.0963. The second kappa shape index (κ2) is 8.15. The quantitative estimate of drug-likeness (QED) is 0.760. The summed E-state index contributed by atoms with van der Waals surface area (Å²) in [4.78, 5) is 0. The Kier molecular flexibility index (Phi) is 6.81. The van der Waals surface area contributed by atoms with Crippen LogP contribution in [0.2, 0.25) is 0 Å². The number of benzene rings is 1. The van der Waals surface area contributed by atoms with Gasteiger partial charge in [-0.2, -0.15) is 0 Å². The summed E-state index contributed by atoms with van der Waals surface area (Å²) in [5.74, 6) is 1.29. The van der Waals surface area contributed by atoms with Crippen molar-refractivity contribution in [2.45, 2.75) is 52.1 Å². The Labute approximate surface area is 111 Å². The predicted molar refractivity (Wildman–Crippen MR) is 76.0 cm³/mol. The summed E-state index contributed by atoms with van der Waals surface area (Å²) in [5, 5.41) is 10.3. The van der Waals surface area contributed by atoms with Crippen molar-refractivity contribution in [1.29, 1.82) is 0 Å². The van der Waals surface area contributed by atoms with Crippen LogP contribution >= 0.6 is 0 Å². The zero-order chi connectivity index (χ0) is 13.4. The number of ether oxygens (including phenoxy) is 1. The van der Waals surface area contributed by atoms with Gasteiger partial charge in [-0.15, -0.1) is 0 Å². The molecule has 1 atom stereocenters. The van der Waals surface area contributed by atoms with Crippen LogP contribution in [0.3, 0.4) is 0 Å². The second-order valence-corrected chi connectivity index (χ2v) is 4.96. The Morgan fingerprint density at radius 2 is 1.83 bits per heavy atom. The van der Waals surface area contributed by atoms with E-state index >= 15 is 0 Å². The molecule has 1 unspecified atom stereocenters. The number of rotatable bonds is 8. The molecule has 0 radical (unpaired) electrons. The van der Waals surface area contributed by atoms with Gasteiger partial charge in [-0.25, -0.2) is 0 Å². The topological polar surface area (TPSA) is 29.5 Å². The van der Waals surface area contributed by atoms with Crippen LogP contribution in [0.1, 0.15) is 45.1 Å². The summed E-state index contributed by atoms with van der Waals surface area (Å²) in [5.41, 5.74) is 1.15. The minimum absolute atomic E-state index is 0.239. The number of aliphatic hydroxyl groups is 1. The molecule has 0 spiro atoms. The highest BCUT2D eigenvalue weighted by Gasteiger charge is 2.18. The Bertz CT molecular complexity index is 330. The molecule has 0 amide bonds. The van der Waals surface area contributed by atoms with Gasteiger partial charge in [0, 0.05) is 0 Å². The van der Waals surface area contributed by atoms with Crippen molar-refractivity contribution in [3.05, 3.63) is 29.8 Å². The van der Waals surface area contributed by atoms with Crippen molar-refractivity contribution >= 4 is 0 Å². The van der Waals surface area contributed by atoms with Crippen LogP contribution in [0.5, 0.6) is 5.75 Å². The van der Waals surface area contributed by atoms with Crippen LogP contribution < -0.4 is 4.74 Å². The smallest absolute Gasteiger partial charge is 0.119 e. The predicted octanol–water partition coefficient (Wildman–Crippen LogP) is 3.82. The average molecular weight is 250 g/mol. The molecule has 1 rings (SSSR count). The maximum Gasteiger partial charge on any atom is 0.119 e. The molecule has 1 aromatic rings. The Morgan fingerprint density at radius 3 is 2.39 bits per heavy atom. The van der Waals surface area contributed by atoms with Crippen molar-refractivity contribution < 1.29 is 9.84 Å². The van der Waals surface area contributed by atoms with Gasteiger partial charge in [-0.05, 0) is 42.9 Å². The van der Waals surface area contributed by atoms with E-state index in [-0.39, 0.29) is 6.10 Å². The monoisotopic (exact) mass is 250 g/mol. The van der Waals surface area contributed by atoms with E-state index in [1.807, 2.05) is 18.2 Å². The van der Waals surface area contributed by atoms with Crippen molar-refractivity contribution in [3.63, 3.8) is 0 Å². The van der Waals surface area contributed by atoms with E-state index in [1.54, 1.807) is 7.11 Å². The summed E-state index contributed by atoms with van der Waals surface area (Å²) >= 11 is 0. The molecule has 2 heteroatoms. The molecule has 18 heavy (non-hydrogen) atoms. The van der Waals surface area contributed by atoms with Gasteiger partial charge >= 0.3 is 0 Å². The van der Waals surface area contributed by atoms with Crippen LogP contribution in [0.4, 0.5) is 0 Å². The molecule has 1 N–H and O–H groups in total. The van der Waals surface area contributed by atoms with Crippen molar-refractivity contribution in [3.8, 4) is 5.75 Å². The first-order valence-electron chi connectivity index (χ1n) is 7.02. The first-order valence-corrected chi connectivity index (χ1v) is 7.02. The summed E-state index contributed by atoms with van der Waals surface area (Å²) in [6, 6.07) is 7.99. The Balaban J connectivity index is 2.62. The summed E-state index contributed by atoms with van der Waals surface area (Å²) in [7, 11) is 1.67. The van der Waals surface area contributed by atoms with Crippen LogP contribution in [0, 0.1) is 5.92 Å². The zero-order valence-electron chi connectivity index (χ0n) is 11.9. The third-order valence-corrected chi connectivity index (χ3v) is 3.44. The largest absolute Gasteiger partial charge is 0.497 e. The van der Waals surface area contributed by atoms with E-state index in [4.69, 9.17) is 4.74 Å². The summed E-state index contributed by atoms with van der Waals surface area (Å²) in [6.45, 7) is 4.36. The molecule has 0 aliphatic rings. The fraction of sp³-hybridized carbons (Fsp3) is 0.625. The highest BCUT2D eigenvalue weighted by Crippen LogP contribution is 2.22. The molecule has 0 fully saturated rings. The summed E-state index contributed by atoms with van der Waals surface area (Å²) in [6.07, 6.45) is 4.98. The first kappa shape index (κ1) is 15.0. The van der Waals surface area contributed by atoms with Crippen molar-refractivity contribution in [1.82, 2.24) is 0 Å². The normalized spacial score (nSPS) is 12.7. The van der Waals surface area contributed by atoms with Crippen molar-refractivity contribution in [2.75, 3.05) is 7.11 Å². The Hall–Kier alpha value is -1.02. The molecule has 0 heterocycles. The molecule has 0 saturated heterocycles. The maximum absolute atomic E-state index is 10.3. The van der Waals surface area contributed by atoms with E-state index in [0.717, 1.165) is 43.4 Å². The number of hydrogen-bond acceptors (Lipinski definition) is 2. The molecule has 2 nitrogen and oxygen atoms in total. The standard InChI is InChI=1S/C16H26O2/c1-4-7-14(8-5-2)16(17)12-13-9-6-10-15(11-13)18-3/h6,9-11,14,16-17H,4-5,7-8,12H2,1-3H3. The molecule has 1 aromatic carbocycles. The second-order valence-electron chi connectivity index (χ2n) is 4.96. The van der Waals surface area contributed by atoms with Crippen LogP contribution in [-0.2, 0) is 6.42 Å². The third kappa shape index (κ3) is 4.69. The lowest BCUT2D eigenvalue weighted by Crippen LogP contribution is -2.22. The molecule has 102 valence electrons. The fourth-order valence-electron chi connectivity index (χ4n) is 2.48. The van der Waals surface area contributed by atoms with Gasteiger partial charge in [0.05, 0.1) is 13.2 Å². The third-order valence-electron chi connectivity index (χ3n) is 3.44. The van der Waals surface area contributed by atoms with Gasteiger partial charge in [-0.3, -0.25) is 0 Å². The lowest BCUT2D eigenvalue weighted by Gasteiger charge is -2.22. The SMILES string of the molecule is CCCC(CCC)C(O)Cc1cccc(OC)c1. The van der Waals surface area contributed by atoms with Gasteiger partial charge in [0.15, 0.2) is 0 Å². The molecule has 0 saturated carbocycles. The number of aliphatic hydroxyl groups excluding tert-OH is 1. The summed E-state index contributed by atoms with van der Waals surface area (Å²) < 4.78 is 5.21. The van der Waals surface area contributed by atoms with Gasteiger partial charge in [0.25, 0.3) is 0 Å². The van der Waals surface area contributed by atoms with E-state index < -0.39 is 0 Å². The minimum atomic E-state index is -0.239. The highest BCUT2D eigenvalue weighted by molar-refractivity contribution is 5.28. The number of methoxy groups -OCH3 is 1. The van der Waals surface area contributed by atoms with Crippen LogP contribution in [0.25, 0.3) is 0 Å². The van der Waals surface area contributed by atoms with Crippen LogP contribution in [-0.4, -0.2) is 18.3 Å². The molecule has 0 aromatic heterocycles. The van der Waals surface area contributed by atoms with Crippen LogP contribution in [0.15, 0.2) is 24.3 Å². The molecule has 0 bridgehead atoms. The van der Waals surface area contributed by atoms with E-state index in [2.05, 4.69) is 19.9 Å². The molecule has 0 aliphatic heterocycles. The Morgan fingerprint density at radius 1 is 1.17 bits per heavy atom. The van der Waals surface area contributed by atoms with Crippen molar-refractivity contribution in [2.24, 2.45) is 5.92 Å². The number of hydrogen-bond donors (Lipinski definition) is 1. The van der Waals surface area contributed by atoms with E-state index in [9.17, 15) is 5.11 Å². The average Bonchev–Trinajstić information content (AvgIpc) is 2.38. The van der Waals surface area contributed by atoms with Gasteiger partial charge < -0.3 is 9.84 Å². The molecule has 0 aliphatic carbocycles. The van der Waals surface area contributed by atoms with E-state index in [1.165, 1.54) is 0 Å². The highest BCUT2D eigenvalue weighted by atomic mass is 16.5. The van der Waals surface area contributed by atoms with Gasteiger partial charge in [-0.1, -0.05) is 38.8 Å². The maximum atomic E-state index is 10.3. The van der Waals surface area contributed by atoms with Gasteiger partial charge in [0.1, 0.15) is 5.75 Å².